The van der Waals surface area contributed by atoms with E-state index in [1.165, 1.54) is 11.3 Å². The van der Waals surface area contributed by atoms with Gasteiger partial charge in [-0.3, -0.25) is 4.79 Å². The van der Waals surface area contributed by atoms with Crippen LogP contribution < -0.4 is 10.1 Å². The van der Waals surface area contributed by atoms with E-state index in [1.54, 1.807) is 5.38 Å². The molecular weight excluding hydrogens is 360 g/mol. The zero-order chi connectivity index (χ0) is 19.1. The van der Waals surface area contributed by atoms with Crippen LogP contribution in [0.5, 0.6) is 5.75 Å². The second-order valence-electron chi connectivity index (χ2n) is 6.05. The van der Waals surface area contributed by atoms with Crippen LogP contribution in [0.4, 0.5) is 0 Å². The summed E-state index contributed by atoms with van der Waals surface area (Å²) in [5.41, 5.74) is 2.33. The van der Waals surface area contributed by atoms with Gasteiger partial charge < -0.3 is 15.2 Å². The molecule has 0 aliphatic heterocycles. The average Bonchev–Trinajstić information content (AvgIpc) is 3.18. The molecular formula is C21H22N2O3S. The number of aliphatic hydroxyl groups is 1. The lowest BCUT2D eigenvalue weighted by molar-refractivity contribution is 0.0912. The van der Waals surface area contributed by atoms with E-state index in [-0.39, 0.29) is 12.5 Å². The van der Waals surface area contributed by atoms with Gasteiger partial charge in [0, 0.05) is 23.9 Å². The van der Waals surface area contributed by atoms with Gasteiger partial charge in [0.2, 0.25) is 0 Å². The van der Waals surface area contributed by atoms with Crippen molar-refractivity contribution in [3.8, 4) is 16.3 Å². The highest BCUT2D eigenvalue weighted by molar-refractivity contribution is 7.13. The van der Waals surface area contributed by atoms with Gasteiger partial charge >= 0.3 is 0 Å². The van der Waals surface area contributed by atoms with Crippen molar-refractivity contribution in [1.29, 1.82) is 0 Å². The van der Waals surface area contributed by atoms with E-state index < -0.39 is 6.10 Å². The lowest BCUT2D eigenvalue weighted by Gasteiger charge is -2.11. The first-order chi connectivity index (χ1) is 13.2. The molecule has 1 unspecified atom stereocenters. The molecule has 3 aromatic rings. The highest BCUT2D eigenvalue weighted by atomic mass is 32.1. The van der Waals surface area contributed by atoms with E-state index in [9.17, 15) is 9.90 Å². The van der Waals surface area contributed by atoms with E-state index in [0.717, 1.165) is 21.9 Å². The number of thiazole rings is 1. The molecule has 0 spiro atoms. The van der Waals surface area contributed by atoms with E-state index in [0.29, 0.717) is 18.7 Å². The van der Waals surface area contributed by atoms with Gasteiger partial charge in [-0.05, 0) is 36.8 Å². The van der Waals surface area contributed by atoms with Crippen molar-refractivity contribution >= 4 is 17.2 Å². The van der Waals surface area contributed by atoms with Gasteiger partial charge in [-0.15, -0.1) is 11.3 Å². The highest BCUT2D eigenvalue weighted by Gasteiger charge is 2.14. The molecule has 5 nitrogen and oxygen atoms in total. The van der Waals surface area contributed by atoms with Gasteiger partial charge in [-0.2, -0.15) is 0 Å². The summed E-state index contributed by atoms with van der Waals surface area (Å²) in [6.45, 7) is 2.75. The number of aromatic nitrogens is 1. The Morgan fingerprint density at radius 1 is 1.19 bits per heavy atom. The minimum atomic E-state index is -0.638. The number of nitrogens with one attached hydrogen (secondary N) is 1. The number of hydrogen-bond acceptors (Lipinski definition) is 5. The van der Waals surface area contributed by atoms with Gasteiger partial charge in [0.1, 0.15) is 16.5 Å². The molecule has 2 aromatic carbocycles. The van der Waals surface area contributed by atoms with Crippen LogP contribution in [-0.2, 0) is 6.42 Å². The summed E-state index contributed by atoms with van der Waals surface area (Å²) >= 11 is 1.41. The van der Waals surface area contributed by atoms with Crippen molar-refractivity contribution in [2.24, 2.45) is 0 Å². The molecule has 0 bridgehead atoms. The lowest BCUT2D eigenvalue weighted by Crippen LogP contribution is -2.33. The number of benzene rings is 2. The Bertz CT molecular complexity index is 863. The fourth-order valence-corrected chi connectivity index (χ4v) is 3.44. The second kappa shape index (κ2) is 9.30. The van der Waals surface area contributed by atoms with Gasteiger partial charge in [0.25, 0.3) is 5.91 Å². The molecule has 1 atom stereocenters. The van der Waals surface area contributed by atoms with Crippen LogP contribution in [0.3, 0.4) is 0 Å². The van der Waals surface area contributed by atoms with Crippen molar-refractivity contribution in [1.82, 2.24) is 10.3 Å². The predicted octanol–water partition coefficient (Wildman–Crippen LogP) is 3.54. The summed E-state index contributed by atoms with van der Waals surface area (Å²) in [6.07, 6.45) is -0.143. The van der Waals surface area contributed by atoms with Crippen LogP contribution in [0.25, 0.3) is 10.6 Å². The molecule has 1 aromatic heterocycles. The van der Waals surface area contributed by atoms with E-state index in [4.69, 9.17) is 4.74 Å². The highest BCUT2D eigenvalue weighted by Crippen LogP contribution is 2.25. The summed E-state index contributed by atoms with van der Waals surface area (Å²) in [5, 5.41) is 15.3. The molecule has 0 fully saturated rings. The maximum Gasteiger partial charge on any atom is 0.270 e. The molecule has 0 saturated heterocycles. The SMILES string of the molecule is CCOc1ccc(-c2nc(C(=O)NCC(O)Cc3ccccc3)cs2)cc1. The Morgan fingerprint density at radius 2 is 1.93 bits per heavy atom. The van der Waals surface area contributed by atoms with Crippen LogP contribution in [-0.4, -0.2) is 35.3 Å². The minimum absolute atomic E-state index is 0.184. The van der Waals surface area contributed by atoms with Gasteiger partial charge in [-0.1, -0.05) is 30.3 Å². The van der Waals surface area contributed by atoms with Crippen molar-refractivity contribution in [3.05, 3.63) is 71.2 Å². The standard InChI is InChI=1S/C21H22N2O3S/c1-2-26-18-10-8-16(9-11-18)21-23-19(14-27-21)20(25)22-13-17(24)12-15-6-4-3-5-7-15/h3-11,14,17,24H,2,12-13H2,1H3,(H,22,25). The molecule has 0 aliphatic carbocycles. The zero-order valence-electron chi connectivity index (χ0n) is 15.1. The molecule has 1 heterocycles. The Morgan fingerprint density at radius 3 is 2.63 bits per heavy atom. The van der Waals surface area contributed by atoms with Gasteiger partial charge in [-0.25, -0.2) is 4.98 Å². The van der Waals surface area contributed by atoms with Crippen LogP contribution in [0, 0.1) is 0 Å². The Labute approximate surface area is 162 Å². The van der Waals surface area contributed by atoms with Crippen LogP contribution in [0.2, 0.25) is 0 Å². The Hall–Kier alpha value is -2.70. The first-order valence-electron chi connectivity index (χ1n) is 8.84. The summed E-state index contributed by atoms with van der Waals surface area (Å²) in [7, 11) is 0. The number of aliphatic hydroxyl groups excluding tert-OH is 1. The van der Waals surface area contributed by atoms with E-state index in [2.05, 4.69) is 10.3 Å². The van der Waals surface area contributed by atoms with Crippen LogP contribution in [0.1, 0.15) is 23.0 Å². The van der Waals surface area contributed by atoms with Crippen molar-refractivity contribution < 1.29 is 14.6 Å². The maximum absolute atomic E-state index is 12.3. The predicted molar refractivity (Wildman–Crippen MR) is 107 cm³/mol. The number of carbonyl (C=O) groups is 1. The third-order valence-corrected chi connectivity index (χ3v) is 4.85. The number of nitrogens with zero attached hydrogens (tertiary/aromatic N) is 1. The van der Waals surface area contributed by atoms with E-state index >= 15 is 0 Å². The number of hydrogen-bond donors (Lipinski definition) is 2. The maximum atomic E-state index is 12.3. The van der Waals surface area contributed by atoms with Crippen molar-refractivity contribution in [3.63, 3.8) is 0 Å². The number of carbonyl (C=O) groups excluding carboxylic acids is 1. The van der Waals surface area contributed by atoms with Crippen molar-refractivity contribution in [2.75, 3.05) is 13.2 Å². The zero-order valence-corrected chi connectivity index (χ0v) is 15.9. The minimum Gasteiger partial charge on any atom is -0.494 e. The molecule has 3 rings (SSSR count). The smallest absolute Gasteiger partial charge is 0.270 e. The summed E-state index contributed by atoms with van der Waals surface area (Å²) in [5.74, 6) is 0.527. The summed E-state index contributed by atoms with van der Waals surface area (Å²) in [4.78, 5) is 16.7. The fourth-order valence-electron chi connectivity index (χ4n) is 2.63. The third kappa shape index (κ3) is 5.39. The summed E-state index contributed by atoms with van der Waals surface area (Å²) in [6, 6.07) is 17.3. The molecule has 140 valence electrons. The number of rotatable bonds is 8. The Kier molecular flexibility index (Phi) is 6.57. The molecule has 0 saturated carbocycles. The first-order valence-corrected chi connectivity index (χ1v) is 9.72. The Balaban J connectivity index is 1.55. The quantitative estimate of drug-likeness (QED) is 0.625. The molecule has 2 N–H and O–H groups in total. The van der Waals surface area contributed by atoms with Crippen molar-refractivity contribution in [2.45, 2.75) is 19.4 Å². The second-order valence-corrected chi connectivity index (χ2v) is 6.91. The number of amides is 1. The lowest BCUT2D eigenvalue weighted by atomic mass is 10.1. The largest absolute Gasteiger partial charge is 0.494 e. The van der Waals surface area contributed by atoms with Gasteiger partial charge in [0.05, 0.1) is 12.7 Å². The first kappa shape index (κ1) is 19.1. The fraction of sp³-hybridized carbons (Fsp3) is 0.238. The molecule has 27 heavy (non-hydrogen) atoms. The summed E-state index contributed by atoms with van der Waals surface area (Å²) < 4.78 is 5.43. The van der Waals surface area contributed by atoms with Crippen LogP contribution in [0.15, 0.2) is 60.0 Å². The van der Waals surface area contributed by atoms with Gasteiger partial charge in [0.15, 0.2) is 0 Å². The third-order valence-electron chi connectivity index (χ3n) is 3.96. The van der Waals surface area contributed by atoms with E-state index in [1.807, 2.05) is 61.5 Å². The van der Waals surface area contributed by atoms with Crippen LogP contribution >= 0.6 is 11.3 Å². The monoisotopic (exact) mass is 382 g/mol. The molecule has 6 heteroatoms. The molecule has 0 aliphatic rings. The topological polar surface area (TPSA) is 71.5 Å². The molecule has 1 amide bonds. The average molecular weight is 382 g/mol. The normalized spacial score (nSPS) is 11.8. The molecule has 0 radical (unpaired) electrons. The number of ether oxygens (including phenoxy) is 1.